The van der Waals surface area contributed by atoms with E-state index in [2.05, 4.69) is 5.32 Å². The van der Waals surface area contributed by atoms with E-state index in [1.54, 1.807) is 0 Å². The summed E-state index contributed by atoms with van der Waals surface area (Å²) in [6, 6.07) is 5.54. The van der Waals surface area contributed by atoms with Crippen LogP contribution in [0.15, 0.2) is 18.2 Å². The van der Waals surface area contributed by atoms with Crippen LogP contribution in [0.1, 0.15) is 11.1 Å². The third-order valence-electron chi connectivity index (χ3n) is 2.28. The molecular formula is C11H18N2O2. The normalized spacial score (nSPS) is 10.7. The molecule has 84 valence electrons. The summed E-state index contributed by atoms with van der Waals surface area (Å²) in [6.07, 6.45) is 0. The van der Waals surface area contributed by atoms with Gasteiger partial charge in [0.2, 0.25) is 0 Å². The van der Waals surface area contributed by atoms with Gasteiger partial charge in [-0.15, -0.1) is 0 Å². The number of aliphatic hydroxyl groups is 2. The van der Waals surface area contributed by atoms with E-state index in [0.29, 0.717) is 6.54 Å². The number of benzene rings is 1. The van der Waals surface area contributed by atoms with Gasteiger partial charge < -0.3 is 21.3 Å². The van der Waals surface area contributed by atoms with Gasteiger partial charge in [-0.25, -0.2) is 0 Å². The van der Waals surface area contributed by atoms with Crippen molar-refractivity contribution in [3.05, 3.63) is 29.3 Å². The zero-order valence-electron chi connectivity index (χ0n) is 8.90. The minimum absolute atomic E-state index is 0.103. The number of rotatable bonds is 5. The van der Waals surface area contributed by atoms with Crippen LogP contribution in [0.2, 0.25) is 0 Å². The predicted molar refractivity (Wildman–Crippen MR) is 60.7 cm³/mol. The van der Waals surface area contributed by atoms with E-state index in [1.165, 1.54) is 0 Å². The van der Waals surface area contributed by atoms with E-state index in [9.17, 15) is 0 Å². The van der Waals surface area contributed by atoms with E-state index >= 15 is 0 Å². The van der Waals surface area contributed by atoms with Crippen molar-refractivity contribution >= 4 is 5.69 Å². The Morgan fingerprint density at radius 1 is 1.33 bits per heavy atom. The van der Waals surface area contributed by atoms with E-state index in [-0.39, 0.29) is 19.3 Å². The molecule has 0 amide bonds. The first kappa shape index (κ1) is 12.0. The highest BCUT2D eigenvalue weighted by Crippen LogP contribution is 2.17. The zero-order chi connectivity index (χ0) is 11.3. The first-order valence-corrected chi connectivity index (χ1v) is 4.99. The molecule has 5 N–H and O–H groups in total. The summed E-state index contributed by atoms with van der Waals surface area (Å²) < 4.78 is 0. The largest absolute Gasteiger partial charge is 0.394 e. The Hall–Kier alpha value is -1.10. The van der Waals surface area contributed by atoms with E-state index in [0.717, 1.165) is 16.8 Å². The van der Waals surface area contributed by atoms with Gasteiger partial charge in [0.05, 0.1) is 19.3 Å². The number of aryl methyl sites for hydroxylation is 1. The Bertz CT molecular complexity index is 311. The van der Waals surface area contributed by atoms with Crippen molar-refractivity contribution in [2.45, 2.75) is 19.5 Å². The molecule has 1 aromatic carbocycles. The molecule has 0 heterocycles. The molecule has 4 heteroatoms. The molecule has 0 radical (unpaired) electrons. The van der Waals surface area contributed by atoms with Gasteiger partial charge in [-0.3, -0.25) is 0 Å². The van der Waals surface area contributed by atoms with Crippen molar-refractivity contribution < 1.29 is 10.2 Å². The fourth-order valence-corrected chi connectivity index (χ4v) is 1.40. The Labute approximate surface area is 89.7 Å². The summed E-state index contributed by atoms with van der Waals surface area (Å²) >= 11 is 0. The van der Waals surface area contributed by atoms with Crippen molar-refractivity contribution in [3.63, 3.8) is 0 Å². The SMILES string of the molecule is Cc1ccc(NC(CO)CO)c(CN)c1. The van der Waals surface area contributed by atoms with Gasteiger partial charge in [0.25, 0.3) is 0 Å². The number of nitrogens with one attached hydrogen (secondary N) is 1. The predicted octanol–water partition coefficient (Wildman–Crippen LogP) is 0.219. The van der Waals surface area contributed by atoms with Crippen molar-refractivity contribution in [2.75, 3.05) is 18.5 Å². The lowest BCUT2D eigenvalue weighted by molar-refractivity contribution is 0.204. The van der Waals surface area contributed by atoms with Gasteiger partial charge in [-0.05, 0) is 18.6 Å². The number of nitrogens with two attached hydrogens (primary N) is 1. The topological polar surface area (TPSA) is 78.5 Å². The summed E-state index contributed by atoms with van der Waals surface area (Å²) in [7, 11) is 0. The Morgan fingerprint density at radius 3 is 2.53 bits per heavy atom. The van der Waals surface area contributed by atoms with Crippen LogP contribution < -0.4 is 11.1 Å². The lowest BCUT2D eigenvalue weighted by atomic mass is 10.1. The first-order chi connectivity index (χ1) is 7.21. The highest BCUT2D eigenvalue weighted by molar-refractivity contribution is 5.53. The quantitative estimate of drug-likeness (QED) is 0.560. The average molecular weight is 210 g/mol. The van der Waals surface area contributed by atoms with Gasteiger partial charge in [-0.2, -0.15) is 0 Å². The Balaban J connectivity index is 2.83. The second-order valence-corrected chi connectivity index (χ2v) is 3.57. The average Bonchev–Trinajstić information content (AvgIpc) is 2.27. The Morgan fingerprint density at radius 2 is 2.00 bits per heavy atom. The second kappa shape index (κ2) is 5.70. The van der Waals surface area contributed by atoms with Gasteiger partial charge >= 0.3 is 0 Å². The molecule has 0 fully saturated rings. The highest BCUT2D eigenvalue weighted by Gasteiger charge is 2.07. The van der Waals surface area contributed by atoms with Crippen molar-refractivity contribution in [1.82, 2.24) is 0 Å². The molecule has 0 saturated heterocycles. The lowest BCUT2D eigenvalue weighted by Crippen LogP contribution is -2.28. The molecule has 0 unspecified atom stereocenters. The number of hydrogen-bond donors (Lipinski definition) is 4. The molecule has 0 spiro atoms. The first-order valence-electron chi connectivity index (χ1n) is 4.99. The summed E-state index contributed by atoms with van der Waals surface area (Å²) in [6.45, 7) is 2.23. The van der Waals surface area contributed by atoms with Crippen molar-refractivity contribution in [1.29, 1.82) is 0 Å². The van der Waals surface area contributed by atoms with Crippen molar-refractivity contribution in [3.8, 4) is 0 Å². The van der Waals surface area contributed by atoms with Gasteiger partial charge in [0.1, 0.15) is 0 Å². The van der Waals surface area contributed by atoms with E-state index < -0.39 is 0 Å². The third-order valence-corrected chi connectivity index (χ3v) is 2.28. The number of anilines is 1. The number of hydrogen-bond acceptors (Lipinski definition) is 4. The molecule has 0 atom stereocenters. The number of aliphatic hydroxyl groups excluding tert-OH is 2. The summed E-state index contributed by atoms with van der Waals surface area (Å²) in [4.78, 5) is 0. The van der Waals surface area contributed by atoms with Gasteiger partial charge in [0.15, 0.2) is 0 Å². The third kappa shape index (κ3) is 3.20. The van der Waals surface area contributed by atoms with E-state index in [1.807, 2.05) is 25.1 Å². The molecule has 0 saturated carbocycles. The summed E-state index contributed by atoms with van der Waals surface area (Å²) in [5.74, 6) is 0. The summed E-state index contributed by atoms with van der Waals surface area (Å²) in [5, 5.41) is 20.9. The zero-order valence-corrected chi connectivity index (χ0v) is 8.90. The second-order valence-electron chi connectivity index (χ2n) is 3.57. The summed E-state index contributed by atoms with van der Waals surface area (Å²) in [5.41, 5.74) is 8.62. The van der Waals surface area contributed by atoms with Crippen LogP contribution in [0.5, 0.6) is 0 Å². The maximum atomic E-state index is 8.95. The fourth-order valence-electron chi connectivity index (χ4n) is 1.40. The van der Waals surface area contributed by atoms with Gasteiger partial charge in [-0.1, -0.05) is 17.7 Å². The van der Waals surface area contributed by atoms with Crippen LogP contribution >= 0.6 is 0 Å². The van der Waals surface area contributed by atoms with Crippen LogP contribution in [0.3, 0.4) is 0 Å². The highest BCUT2D eigenvalue weighted by atomic mass is 16.3. The minimum atomic E-state index is -0.335. The van der Waals surface area contributed by atoms with Crippen LogP contribution in [-0.2, 0) is 6.54 Å². The molecule has 0 aromatic heterocycles. The fraction of sp³-hybridized carbons (Fsp3) is 0.455. The molecule has 0 aliphatic heterocycles. The Kier molecular flexibility index (Phi) is 4.55. The van der Waals surface area contributed by atoms with Crippen molar-refractivity contribution in [2.24, 2.45) is 5.73 Å². The molecule has 1 aromatic rings. The maximum Gasteiger partial charge on any atom is 0.0723 e. The molecule has 1 rings (SSSR count). The van der Waals surface area contributed by atoms with Gasteiger partial charge in [0, 0.05) is 12.2 Å². The molecule has 0 aliphatic rings. The molecule has 0 aliphatic carbocycles. The van der Waals surface area contributed by atoms with Crippen LogP contribution in [-0.4, -0.2) is 29.5 Å². The maximum absolute atomic E-state index is 8.95. The van der Waals surface area contributed by atoms with Crippen LogP contribution in [0.4, 0.5) is 5.69 Å². The molecule has 0 bridgehead atoms. The lowest BCUT2D eigenvalue weighted by Gasteiger charge is -2.17. The monoisotopic (exact) mass is 210 g/mol. The minimum Gasteiger partial charge on any atom is -0.394 e. The smallest absolute Gasteiger partial charge is 0.0723 e. The van der Waals surface area contributed by atoms with Crippen LogP contribution in [0.25, 0.3) is 0 Å². The molecule has 15 heavy (non-hydrogen) atoms. The molecule has 4 nitrogen and oxygen atoms in total. The van der Waals surface area contributed by atoms with E-state index in [4.69, 9.17) is 15.9 Å². The van der Waals surface area contributed by atoms with Crippen LogP contribution in [0, 0.1) is 6.92 Å². The standard InChI is InChI=1S/C11H18N2O2/c1-8-2-3-11(9(4-8)5-12)13-10(6-14)7-15/h2-4,10,13-15H,5-7,12H2,1H3. The molecular weight excluding hydrogens is 192 g/mol.